The molecule has 0 radical (unpaired) electrons. The van der Waals surface area contributed by atoms with Gasteiger partial charge < -0.3 is 0 Å². The van der Waals surface area contributed by atoms with E-state index in [0.717, 1.165) is 0 Å². The maximum absolute atomic E-state index is 3.61. The lowest BCUT2D eigenvalue weighted by atomic mass is 10.5. The summed E-state index contributed by atoms with van der Waals surface area (Å²) in [5.41, 5.74) is 0. The monoisotopic (exact) mass is 209 g/mol. The van der Waals surface area contributed by atoms with Gasteiger partial charge in [-0.1, -0.05) is 51.3 Å². The molecule has 0 bridgehead atoms. The molecule has 0 aromatic rings. The number of hydrogen-bond donors (Lipinski definition) is 0. The largest absolute Gasteiger partial charge is 0.270 e. The van der Waals surface area contributed by atoms with E-state index < -0.39 is 0 Å². The van der Waals surface area contributed by atoms with Gasteiger partial charge in [-0.05, 0) is 20.8 Å². The minimum Gasteiger partial charge on any atom is -0.270 e. The second-order valence-corrected chi connectivity index (χ2v) is 1.76. The molecule has 0 heterocycles. The molecule has 0 saturated heterocycles. The van der Waals surface area contributed by atoms with E-state index in [9.17, 15) is 0 Å². The standard InChI is InChI=1S/C5H8.C4H7N.C3H6.C2H6/c2*1-3-5-4-2;1-3-2;1-2/h3-5H,1H2,2H3;3-4H,1H2,2H3;3H,1H2,2H3;1-2H3/b5-4-;;;. The second kappa shape index (κ2) is 53.9. The summed E-state index contributed by atoms with van der Waals surface area (Å²) < 4.78 is 0. The van der Waals surface area contributed by atoms with E-state index in [1.165, 1.54) is 6.20 Å². The van der Waals surface area contributed by atoms with Crippen LogP contribution in [-0.2, 0) is 0 Å². The van der Waals surface area contributed by atoms with Crippen LogP contribution in [0, 0.1) is 0 Å². The highest BCUT2D eigenvalue weighted by Gasteiger charge is 1.42. The quantitative estimate of drug-likeness (QED) is 0.337. The van der Waals surface area contributed by atoms with E-state index in [4.69, 9.17) is 0 Å². The Hall–Kier alpha value is -1.37. The summed E-state index contributed by atoms with van der Waals surface area (Å²) in [5.74, 6) is 0. The molecule has 0 N–H and O–H groups in total. The first kappa shape index (κ1) is 23.4. The number of nitrogens with zero attached hydrogens (tertiary/aromatic N) is 1. The van der Waals surface area contributed by atoms with Crippen LogP contribution in [0.4, 0.5) is 0 Å². The maximum Gasteiger partial charge on any atom is 0.0191 e. The summed E-state index contributed by atoms with van der Waals surface area (Å²) >= 11 is 0. The molecule has 15 heavy (non-hydrogen) atoms. The van der Waals surface area contributed by atoms with Crippen LogP contribution in [0.25, 0.3) is 0 Å². The topological polar surface area (TPSA) is 12.4 Å². The number of hydrogen-bond acceptors (Lipinski definition) is 1. The molecule has 1 heteroatoms. The van der Waals surface area contributed by atoms with Crippen LogP contribution in [0.15, 0.2) is 55.2 Å². The van der Waals surface area contributed by atoms with E-state index >= 15 is 0 Å². The maximum atomic E-state index is 3.61. The normalized spacial score (nSPS) is 7.27. The zero-order chi connectivity index (χ0) is 12.9. The molecule has 0 unspecified atom stereocenters. The van der Waals surface area contributed by atoms with Crippen LogP contribution in [0.3, 0.4) is 0 Å². The van der Waals surface area contributed by atoms with Crippen molar-refractivity contribution >= 4 is 6.21 Å². The fourth-order valence-electron chi connectivity index (χ4n) is 0.241. The minimum atomic E-state index is 1.50. The van der Waals surface area contributed by atoms with Gasteiger partial charge in [0.05, 0.1) is 0 Å². The van der Waals surface area contributed by atoms with Crippen molar-refractivity contribution in [3.63, 3.8) is 0 Å². The van der Waals surface area contributed by atoms with Gasteiger partial charge in [0.2, 0.25) is 0 Å². The Morgan fingerprint density at radius 2 is 1.33 bits per heavy atom. The molecule has 0 saturated carbocycles. The minimum absolute atomic E-state index is 1.50. The zero-order valence-corrected chi connectivity index (χ0v) is 11.0. The molecule has 0 amide bonds. The highest BCUT2D eigenvalue weighted by molar-refractivity contribution is 5.53. The third-order valence-corrected chi connectivity index (χ3v) is 0.583. The van der Waals surface area contributed by atoms with E-state index in [2.05, 4.69) is 24.7 Å². The fourth-order valence-corrected chi connectivity index (χ4v) is 0.241. The highest BCUT2D eigenvalue weighted by Crippen LogP contribution is 1.64. The smallest absolute Gasteiger partial charge is 0.0191 e. The lowest BCUT2D eigenvalue weighted by molar-refractivity contribution is 1.50. The van der Waals surface area contributed by atoms with Gasteiger partial charge in [0.15, 0.2) is 0 Å². The van der Waals surface area contributed by atoms with Gasteiger partial charge in [-0.3, -0.25) is 4.99 Å². The number of rotatable bonds is 2. The van der Waals surface area contributed by atoms with Gasteiger partial charge in [-0.2, -0.15) is 0 Å². The van der Waals surface area contributed by atoms with E-state index in [1.54, 1.807) is 18.4 Å². The third kappa shape index (κ3) is 206. The van der Waals surface area contributed by atoms with Crippen molar-refractivity contribution in [1.29, 1.82) is 0 Å². The molecule has 0 aromatic carbocycles. The van der Waals surface area contributed by atoms with E-state index in [0.29, 0.717) is 0 Å². The van der Waals surface area contributed by atoms with Crippen molar-refractivity contribution in [1.82, 2.24) is 0 Å². The Labute approximate surface area is 96.6 Å². The van der Waals surface area contributed by atoms with Crippen LogP contribution in [0.1, 0.15) is 34.6 Å². The lowest BCUT2D eigenvalue weighted by Crippen LogP contribution is -1.46. The molecule has 0 spiro atoms. The zero-order valence-electron chi connectivity index (χ0n) is 11.0. The summed E-state index contributed by atoms with van der Waals surface area (Å²) in [6.07, 6.45) is 10.5. The highest BCUT2D eigenvalue weighted by atomic mass is 14.6. The Morgan fingerprint density at radius 3 is 1.33 bits per heavy atom. The van der Waals surface area contributed by atoms with E-state index in [-0.39, 0.29) is 0 Å². The molecule has 0 aliphatic carbocycles. The Kier molecular flexibility index (Phi) is 84.2. The summed E-state index contributed by atoms with van der Waals surface area (Å²) in [4.78, 5) is 3.61. The Morgan fingerprint density at radius 1 is 0.933 bits per heavy atom. The first-order chi connectivity index (χ1) is 7.24. The fraction of sp³-hybridized carbons (Fsp3) is 0.357. The third-order valence-electron chi connectivity index (χ3n) is 0.583. The number of allylic oxidation sites excluding steroid dienone is 4. The van der Waals surface area contributed by atoms with Crippen LogP contribution >= 0.6 is 0 Å². The SMILES string of the molecule is C=C/C=C\C.C=CC.C=CN=CC.CC. The molecule has 0 rings (SSSR count). The van der Waals surface area contributed by atoms with E-state index in [1.807, 2.05) is 46.8 Å². The van der Waals surface area contributed by atoms with Gasteiger partial charge in [-0.15, -0.1) is 6.58 Å². The van der Waals surface area contributed by atoms with Crippen molar-refractivity contribution < 1.29 is 0 Å². The summed E-state index contributed by atoms with van der Waals surface area (Å²) in [5, 5.41) is 0. The van der Waals surface area contributed by atoms with Gasteiger partial charge in [0.25, 0.3) is 0 Å². The Bertz CT molecular complexity index is 137. The van der Waals surface area contributed by atoms with Crippen molar-refractivity contribution in [2.24, 2.45) is 4.99 Å². The van der Waals surface area contributed by atoms with Gasteiger partial charge in [0.1, 0.15) is 0 Å². The molecule has 0 aliphatic heterocycles. The first-order valence-electron chi connectivity index (χ1n) is 5.14. The van der Waals surface area contributed by atoms with Crippen LogP contribution in [-0.4, -0.2) is 6.21 Å². The second-order valence-electron chi connectivity index (χ2n) is 1.76. The average Bonchev–Trinajstić information content (AvgIpc) is 2.25. The predicted octanol–water partition coefficient (Wildman–Crippen LogP) is 5.19. The summed E-state index contributed by atoms with van der Waals surface area (Å²) in [6.45, 7) is 19.9. The average molecular weight is 209 g/mol. The first-order valence-corrected chi connectivity index (χ1v) is 5.14. The Balaban J connectivity index is -0.0000000574. The van der Waals surface area contributed by atoms with Crippen molar-refractivity contribution in [3.8, 4) is 0 Å². The van der Waals surface area contributed by atoms with Crippen molar-refractivity contribution in [2.75, 3.05) is 0 Å². The van der Waals surface area contributed by atoms with Crippen LogP contribution in [0.5, 0.6) is 0 Å². The molecule has 0 aromatic heterocycles. The van der Waals surface area contributed by atoms with Gasteiger partial charge in [-0.25, -0.2) is 0 Å². The van der Waals surface area contributed by atoms with Crippen LogP contribution < -0.4 is 0 Å². The lowest BCUT2D eigenvalue weighted by Gasteiger charge is -1.58. The molecule has 0 atom stereocenters. The predicted molar refractivity (Wildman–Crippen MR) is 76.6 cm³/mol. The van der Waals surface area contributed by atoms with Crippen molar-refractivity contribution in [2.45, 2.75) is 34.6 Å². The van der Waals surface area contributed by atoms with Gasteiger partial charge >= 0.3 is 0 Å². The molecule has 1 nitrogen and oxygen atoms in total. The molecular weight excluding hydrogens is 182 g/mol. The summed E-state index contributed by atoms with van der Waals surface area (Å²) in [6, 6.07) is 0. The molecular formula is C14H27N. The summed E-state index contributed by atoms with van der Waals surface area (Å²) in [7, 11) is 0. The molecule has 0 fully saturated rings. The molecule has 88 valence electrons. The number of aliphatic imine (C=N–C) groups is 1. The van der Waals surface area contributed by atoms with Crippen molar-refractivity contribution in [3.05, 3.63) is 50.2 Å². The molecule has 0 aliphatic rings. The van der Waals surface area contributed by atoms with Gasteiger partial charge in [0, 0.05) is 12.4 Å². The van der Waals surface area contributed by atoms with Crippen LogP contribution in [0.2, 0.25) is 0 Å².